The van der Waals surface area contributed by atoms with Crippen LogP contribution in [0, 0.1) is 0 Å². The molecular formula is C14H10F3NO2S. The summed E-state index contributed by atoms with van der Waals surface area (Å²) in [4.78, 5) is 0. The molecule has 7 heteroatoms. The first kappa shape index (κ1) is 13.9. The number of nitrogens with zero attached hydrogens (tertiary/aromatic N) is 1. The third kappa shape index (κ3) is 2.17. The minimum Gasteiger partial charge on any atom is -0.237 e. The van der Waals surface area contributed by atoms with Crippen molar-refractivity contribution in [1.29, 1.82) is 0 Å². The zero-order valence-corrected chi connectivity index (χ0v) is 11.7. The van der Waals surface area contributed by atoms with Gasteiger partial charge >= 0.3 is 6.18 Å². The van der Waals surface area contributed by atoms with Gasteiger partial charge < -0.3 is 0 Å². The molecular weight excluding hydrogens is 303 g/mol. The highest BCUT2D eigenvalue weighted by Crippen LogP contribution is 2.35. The van der Waals surface area contributed by atoms with Crippen LogP contribution >= 0.6 is 0 Å². The molecule has 0 amide bonds. The Balaban J connectivity index is 2.54. The van der Waals surface area contributed by atoms with Crippen LogP contribution in [0.5, 0.6) is 0 Å². The molecule has 2 aromatic carbocycles. The molecule has 0 aliphatic carbocycles. The second-order valence-corrected chi connectivity index (χ2v) is 6.61. The number of halogens is 3. The Hall–Kier alpha value is -2.02. The first-order valence-electron chi connectivity index (χ1n) is 6.00. The Labute approximate surface area is 118 Å². The molecule has 0 atom stereocenters. The maximum Gasteiger partial charge on any atom is 0.416 e. The minimum absolute atomic E-state index is 0.0357. The van der Waals surface area contributed by atoms with E-state index < -0.39 is 21.8 Å². The number of para-hydroxylation sites is 1. The summed E-state index contributed by atoms with van der Waals surface area (Å²) in [6.07, 6.45) is -3.55. The van der Waals surface area contributed by atoms with Crippen molar-refractivity contribution >= 4 is 31.8 Å². The van der Waals surface area contributed by atoms with Crippen molar-refractivity contribution < 1.29 is 21.6 Å². The van der Waals surface area contributed by atoms with Crippen LogP contribution in [0.2, 0.25) is 0 Å². The van der Waals surface area contributed by atoms with E-state index in [2.05, 4.69) is 0 Å². The molecule has 0 N–H and O–H groups in total. The van der Waals surface area contributed by atoms with Gasteiger partial charge in [0, 0.05) is 10.8 Å². The SMILES string of the molecule is CS(=O)(=O)n1c2ccccc2c2ccc(C(F)(F)F)cc21. The van der Waals surface area contributed by atoms with Gasteiger partial charge in [-0.15, -0.1) is 0 Å². The van der Waals surface area contributed by atoms with Gasteiger partial charge in [-0.2, -0.15) is 13.2 Å². The first-order chi connectivity index (χ1) is 9.69. The molecule has 0 fully saturated rings. The van der Waals surface area contributed by atoms with Crippen molar-refractivity contribution in [2.75, 3.05) is 6.26 Å². The average molecular weight is 313 g/mol. The summed E-state index contributed by atoms with van der Waals surface area (Å²) in [5, 5.41) is 1.08. The van der Waals surface area contributed by atoms with Crippen molar-refractivity contribution in [2.45, 2.75) is 6.18 Å². The molecule has 1 aromatic heterocycles. The predicted molar refractivity (Wildman–Crippen MR) is 74.7 cm³/mol. The van der Waals surface area contributed by atoms with E-state index in [1.807, 2.05) is 0 Å². The van der Waals surface area contributed by atoms with Crippen molar-refractivity contribution in [3.05, 3.63) is 48.0 Å². The van der Waals surface area contributed by atoms with Crippen LogP contribution in [0.4, 0.5) is 13.2 Å². The summed E-state index contributed by atoms with van der Waals surface area (Å²) in [6, 6.07) is 9.76. The second kappa shape index (κ2) is 4.24. The summed E-state index contributed by atoms with van der Waals surface area (Å²) in [5.41, 5.74) is -0.467. The number of aromatic nitrogens is 1. The number of rotatable bonds is 1. The fourth-order valence-corrected chi connectivity index (χ4v) is 3.49. The van der Waals surface area contributed by atoms with E-state index in [0.29, 0.717) is 16.3 Å². The number of hydrogen-bond donors (Lipinski definition) is 0. The lowest BCUT2D eigenvalue weighted by Gasteiger charge is -2.08. The number of alkyl halides is 3. The monoisotopic (exact) mass is 313 g/mol. The molecule has 0 saturated heterocycles. The lowest BCUT2D eigenvalue weighted by molar-refractivity contribution is -0.137. The van der Waals surface area contributed by atoms with Crippen LogP contribution < -0.4 is 0 Å². The predicted octanol–water partition coefficient (Wildman–Crippen LogP) is 3.62. The van der Waals surface area contributed by atoms with E-state index in [9.17, 15) is 21.6 Å². The highest BCUT2D eigenvalue weighted by molar-refractivity contribution is 7.89. The lowest BCUT2D eigenvalue weighted by Crippen LogP contribution is -2.10. The van der Waals surface area contributed by atoms with Crippen LogP contribution in [-0.2, 0) is 16.2 Å². The van der Waals surface area contributed by atoms with Gasteiger partial charge in [0.1, 0.15) is 0 Å². The quantitative estimate of drug-likeness (QED) is 0.688. The van der Waals surface area contributed by atoms with Gasteiger partial charge in [-0.3, -0.25) is 0 Å². The molecule has 0 bridgehead atoms. The summed E-state index contributed by atoms with van der Waals surface area (Å²) in [7, 11) is -3.73. The minimum atomic E-state index is -4.52. The fraction of sp³-hybridized carbons (Fsp3) is 0.143. The number of hydrogen-bond acceptors (Lipinski definition) is 2. The molecule has 0 aliphatic heterocycles. The smallest absolute Gasteiger partial charge is 0.237 e. The highest BCUT2D eigenvalue weighted by atomic mass is 32.2. The molecule has 3 nitrogen and oxygen atoms in total. The van der Waals surface area contributed by atoms with Crippen LogP contribution in [0.1, 0.15) is 5.56 Å². The molecule has 0 spiro atoms. The Morgan fingerprint density at radius 3 is 2.19 bits per heavy atom. The summed E-state index contributed by atoms with van der Waals surface area (Å²) < 4.78 is 63.4. The van der Waals surface area contributed by atoms with Gasteiger partial charge in [0.2, 0.25) is 10.0 Å². The standard InChI is InChI=1S/C14H10F3NO2S/c1-21(19,20)18-12-5-3-2-4-10(12)11-7-6-9(8-13(11)18)14(15,16)17/h2-8H,1H3. The maximum absolute atomic E-state index is 12.8. The molecule has 0 saturated carbocycles. The molecule has 3 aromatic rings. The zero-order valence-electron chi connectivity index (χ0n) is 10.8. The van der Waals surface area contributed by atoms with Crippen LogP contribution in [-0.4, -0.2) is 18.6 Å². The van der Waals surface area contributed by atoms with E-state index in [4.69, 9.17) is 0 Å². The third-order valence-corrected chi connectivity index (χ3v) is 4.35. The molecule has 0 unspecified atom stereocenters. The molecule has 0 aliphatic rings. The molecule has 1 heterocycles. The highest BCUT2D eigenvalue weighted by Gasteiger charge is 2.31. The van der Waals surface area contributed by atoms with E-state index >= 15 is 0 Å². The normalized spacial score (nSPS) is 13.1. The van der Waals surface area contributed by atoms with Gasteiger partial charge in [0.05, 0.1) is 22.9 Å². The maximum atomic E-state index is 12.8. The summed E-state index contributed by atoms with van der Waals surface area (Å²) in [5.74, 6) is 0. The van der Waals surface area contributed by atoms with Crippen LogP contribution in [0.25, 0.3) is 21.8 Å². The Bertz CT molecular complexity index is 955. The van der Waals surface area contributed by atoms with Crippen LogP contribution in [0.3, 0.4) is 0 Å². The first-order valence-corrected chi connectivity index (χ1v) is 7.85. The lowest BCUT2D eigenvalue weighted by atomic mass is 10.1. The Morgan fingerprint density at radius 1 is 0.952 bits per heavy atom. The molecule has 0 radical (unpaired) electrons. The number of benzene rings is 2. The average Bonchev–Trinajstić information content (AvgIpc) is 2.70. The largest absolute Gasteiger partial charge is 0.416 e. The Morgan fingerprint density at radius 2 is 1.57 bits per heavy atom. The zero-order chi connectivity index (χ0) is 15.4. The van der Waals surface area contributed by atoms with Gasteiger partial charge in [-0.1, -0.05) is 24.3 Å². The summed E-state index contributed by atoms with van der Waals surface area (Å²) >= 11 is 0. The fourth-order valence-electron chi connectivity index (χ4n) is 2.47. The third-order valence-electron chi connectivity index (χ3n) is 3.29. The van der Waals surface area contributed by atoms with Crippen molar-refractivity contribution in [3.63, 3.8) is 0 Å². The van der Waals surface area contributed by atoms with Gasteiger partial charge in [0.25, 0.3) is 0 Å². The molecule has 110 valence electrons. The van der Waals surface area contributed by atoms with Gasteiger partial charge in [-0.25, -0.2) is 12.4 Å². The number of fused-ring (bicyclic) bond motifs is 3. The molecule has 3 rings (SSSR count). The Kier molecular flexibility index (Phi) is 2.81. The van der Waals surface area contributed by atoms with E-state index in [-0.39, 0.29) is 5.52 Å². The van der Waals surface area contributed by atoms with Crippen molar-refractivity contribution in [3.8, 4) is 0 Å². The van der Waals surface area contributed by atoms with Crippen molar-refractivity contribution in [1.82, 2.24) is 3.97 Å². The van der Waals surface area contributed by atoms with Crippen LogP contribution in [0.15, 0.2) is 42.5 Å². The van der Waals surface area contributed by atoms with Gasteiger partial charge in [-0.05, 0) is 18.2 Å². The van der Waals surface area contributed by atoms with E-state index in [1.54, 1.807) is 24.3 Å². The summed E-state index contributed by atoms with van der Waals surface area (Å²) in [6.45, 7) is 0. The second-order valence-electron chi connectivity index (χ2n) is 4.77. The van der Waals surface area contributed by atoms with Gasteiger partial charge in [0.15, 0.2) is 0 Å². The van der Waals surface area contributed by atoms with E-state index in [0.717, 1.165) is 22.4 Å². The topological polar surface area (TPSA) is 39.1 Å². The van der Waals surface area contributed by atoms with E-state index in [1.165, 1.54) is 6.07 Å². The van der Waals surface area contributed by atoms with Crippen molar-refractivity contribution in [2.24, 2.45) is 0 Å². The molecule has 21 heavy (non-hydrogen) atoms.